The monoisotopic (exact) mass is 240 g/mol. The first kappa shape index (κ1) is 11.9. The number of rotatable bonds is 2. The number of para-hydroxylation sites is 1. The van der Waals surface area contributed by atoms with Gasteiger partial charge in [0.1, 0.15) is 11.4 Å². The first-order valence-electron chi connectivity index (χ1n) is 5.24. The highest BCUT2D eigenvalue weighted by Gasteiger charge is 2.47. The van der Waals surface area contributed by atoms with Crippen LogP contribution in [0.15, 0.2) is 24.3 Å². The van der Waals surface area contributed by atoms with Gasteiger partial charge in [-0.2, -0.15) is 4.39 Å². The molecule has 0 saturated carbocycles. The first-order valence-corrected chi connectivity index (χ1v) is 5.24. The molecule has 0 amide bonds. The smallest absolute Gasteiger partial charge is 0.306 e. The number of benzene rings is 1. The van der Waals surface area contributed by atoms with E-state index in [1.807, 2.05) is 0 Å². The van der Waals surface area contributed by atoms with E-state index in [9.17, 15) is 14.3 Å². The van der Waals surface area contributed by atoms with Gasteiger partial charge in [-0.05, 0) is 6.07 Å². The quantitative estimate of drug-likeness (QED) is 0.827. The van der Waals surface area contributed by atoms with Gasteiger partial charge < -0.3 is 14.9 Å². The number of hydrogen-bond acceptors (Lipinski definition) is 3. The number of carboxylic acids is 1. The minimum Gasteiger partial charge on any atom is -0.481 e. The van der Waals surface area contributed by atoms with Crippen LogP contribution in [0.4, 0.5) is 4.39 Å². The second kappa shape index (κ2) is 3.70. The fourth-order valence-corrected chi connectivity index (χ4v) is 2.23. The summed E-state index contributed by atoms with van der Waals surface area (Å²) >= 11 is 0. The number of alkyl halides is 1. The Morgan fingerprint density at radius 2 is 2.18 bits per heavy atom. The molecule has 92 valence electrons. The number of ether oxygens (including phenoxy) is 1. The van der Waals surface area contributed by atoms with E-state index in [0.717, 1.165) is 0 Å². The number of aliphatic carboxylic acids is 1. The van der Waals surface area contributed by atoms with E-state index < -0.39 is 30.3 Å². The maximum absolute atomic E-state index is 13.9. The topological polar surface area (TPSA) is 66.8 Å². The van der Waals surface area contributed by atoms with Crippen molar-refractivity contribution in [1.82, 2.24) is 0 Å². The summed E-state index contributed by atoms with van der Waals surface area (Å²) in [5, 5.41) is 19.1. The van der Waals surface area contributed by atoms with Crippen molar-refractivity contribution in [3.63, 3.8) is 0 Å². The number of carbonyl (C=O) groups is 1. The van der Waals surface area contributed by atoms with E-state index in [1.54, 1.807) is 18.2 Å². The Morgan fingerprint density at radius 3 is 2.82 bits per heavy atom. The molecule has 2 N–H and O–H groups in total. The van der Waals surface area contributed by atoms with Crippen LogP contribution in [0.25, 0.3) is 0 Å². The fraction of sp³-hybridized carbons (Fsp3) is 0.417. The van der Waals surface area contributed by atoms with Gasteiger partial charge in [0.2, 0.25) is 5.85 Å². The highest BCUT2D eigenvalue weighted by molar-refractivity contribution is 5.69. The molecule has 0 saturated heterocycles. The van der Waals surface area contributed by atoms with Crippen molar-refractivity contribution in [2.24, 2.45) is 0 Å². The highest BCUT2D eigenvalue weighted by atomic mass is 19.2. The van der Waals surface area contributed by atoms with Gasteiger partial charge in [-0.3, -0.25) is 4.79 Å². The zero-order valence-corrected chi connectivity index (χ0v) is 9.31. The van der Waals surface area contributed by atoms with Crippen molar-refractivity contribution in [1.29, 1.82) is 0 Å². The molecule has 2 unspecified atom stereocenters. The SMILES string of the molecule is CC1(F)CC(O)(CC(=O)O)c2ccccc2O1. The lowest BCUT2D eigenvalue weighted by Gasteiger charge is -2.39. The van der Waals surface area contributed by atoms with Gasteiger partial charge in [-0.1, -0.05) is 18.2 Å². The summed E-state index contributed by atoms with van der Waals surface area (Å²) in [6.45, 7) is 1.18. The van der Waals surface area contributed by atoms with Crippen molar-refractivity contribution >= 4 is 5.97 Å². The Balaban J connectivity index is 2.49. The molecule has 17 heavy (non-hydrogen) atoms. The normalized spacial score (nSPS) is 31.5. The third kappa shape index (κ3) is 2.24. The molecule has 1 aromatic carbocycles. The molecule has 0 bridgehead atoms. The standard InChI is InChI=1S/C12H13FO4/c1-11(13)7-12(16,6-10(14)15)8-4-2-3-5-9(8)17-11/h2-5,16H,6-7H2,1H3,(H,14,15). The van der Waals surface area contributed by atoms with Gasteiger partial charge in [-0.15, -0.1) is 0 Å². The van der Waals surface area contributed by atoms with Gasteiger partial charge >= 0.3 is 5.97 Å². The van der Waals surface area contributed by atoms with E-state index in [-0.39, 0.29) is 5.75 Å². The van der Waals surface area contributed by atoms with Crippen LogP contribution in [0.5, 0.6) is 5.75 Å². The van der Waals surface area contributed by atoms with E-state index in [0.29, 0.717) is 5.56 Å². The van der Waals surface area contributed by atoms with E-state index in [4.69, 9.17) is 9.84 Å². The minimum atomic E-state index is -2.07. The van der Waals surface area contributed by atoms with Crippen LogP contribution in [-0.4, -0.2) is 22.0 Å². The van der Waals surface area contributed by atoms with Crippen LogP contribution in [0, 0.1) is 0 Å². The summed E-state index contributed by atoms with van der Waals surface area (Å²) < 4.78 is 19.0. The largest absolute Gasteiger partial charge is 0.481 e. The van der Waals surface area contributed by atoms with E-state index >= 15 is 0 Å². The third-order valence-corrected chi connectivity index (χ3v) is 2.76. The molecule has 0 radical (unpaired) electrons. The van der Waals surface area contributed by atoms with Crippen LogP contribution >= 0.6 is 0 Å². The molecule has 0 fully saturated rings. The van der Waals surface area contributed by atoms with Gasteiger partial charge in [0, 0.05) is 12.5 Å². The van der Waals surface area contributed by atoms with Crippen LogP contribution in [0.1, 0.15) is 25.3 Å². The third-order valence-electron chi connectivity index (χ3n) is 2.76. The number of halogens is 1. The molecule has 0 aliphatic carbocycles. The second-order valence-electron chi connectivity index (χ2n) is 4.48. The van der Waals surface area contributed by atoms with Crippen molar-refractivity contribution in [2.45, 2.75) is 31.2 Å². The summed E-state index contributed by atoms with van der Waals surface area (Å²) in [7, 11) is 0. The molecule has 1 aliphatic heterocycles. The molecular weight excluding hydrogens is 227 g/mol. The molecule has 1 aliphatic rings. The second-order valence-corrected chi connectivity index (χ2v) is 4.48. The van der Waals surface area contributed by atoms with E-state index in [2.05, 4.69) is 0 Å². The highest BCUT2D eigenvalue weighted by Crippen LogP contribution is 2.45. The Kier molecular flexibility index (Phi) is 2.58. The Labute approximate surface area is 97.6 Å². The lowest BCUT2D eigenvalue weighted by Crippen LogP contribution is -2.44. The van der Waals surface area contributed by atoms with E-state index in [1.165, 1.54) is 13.0 Å². The molecule has 0 aromatic heterocycles. The van der Waals surface area contributed by atoms with Crippen molar-refractivity contribution < 1.29 is 24.1 Å². The van der Waals surface area contributed by atoms with Crippen molar-refractivity contribution in [3.05, 3.63) is 29.8 Å². The van der Waals surface area contributed by atoms with Crippen LogP contribution < -0.4 is 4.74 Å². The summed E-state index contributed by atoms with van der Waals surface area (Å²) in [4.78, 5) is 10.8. The molecule has 5 heteroatoms. The average molecular weight is 240 g/mol. The molecular formula is C12H13FO4. The maximum Gasteiger partial charge on any atom is 0.306 e. The van der Waals surface area contributed by atoms with Crippen LogP contribution in [0.3, 0.4) is 0 Å². The first-order chi connectivity index (χ1) is 7.82. The predicted molar refractivity (Wildman–Crippen MR) is 57.3 cm³/mol. The Hall–Kier alpha value is -1.62. The van der Waals surface area contributed by atoms with Crippen molar-refractivity contribution in [3.8, 4) is 5.75 Å². The van der Waals surface area contributed by atoms with Gasteiger partial charge in [0.25, 0.3) is 0 Å². The number of aliphatic hydroxyl groups is 1. The lowest BCUT2D eigenvalue weighted by molar-refractivity contribution is -0.159. The molecule has 2 atom stereocenters. The number of carboxylic acid groups (broad SMARTS) is 1. The van der Waals surface area contributed by atoms with Crippen LogP contribution in [-0.2, 0) is 10.4 Å². The van der Waals surface area contributed by atoms with Gasteiger partial charge in [-0.25, -0.2) is 0 Å². The molecule has 4 nitrogen and oxygen atoms in total. The van der Waals surface area contributed by atoms with Crippen LogP contribution in [0.2, 0.25) is 0 Å². The number of fused-ring (bicyclic) bond motifs is 1. The Bertz CT molecular complexity index is 458. The molecule has 1 heterocycles. The molecule has 2 rings (SSSR count). The fourth-order valence-electron chi connectivity index (χ4n) is 2.23. The lowest BCUT2D eigenvalue weighted by atomic mass is 9.82. The molecule has 1 aromatic rings. The zero-order valence-electron chi connectivity index (χ0n) is 9.31. The zero-order chi connectivity index (χ0) is 12.7. The predicted octanol–water partition coefficient (Wildman–Crippen LogP) is 1.82. The number of hydrogen-bond donors (Lipinski definition) is 2. The van der Waals surface area contributed by atoms with Gasteiger partial charge in [0.15, 0.2) is 0 Å². The summed E-state index contributed by atoms with van der Waals surface area (Å²) in [5.41, 5.74) is -1.41. The Morgan fingerprint density at radius 1 is 1.53 bits per heavy atom. The minimum absolute atomic E-state index is 0.188. The maximum atomic E-state index is 13.9. The summed E-state index contributed by atoms with van der Waals surface area (Å²) in [5.74, 6) is -3.06. The molecule has 0 spiro atoms. The average Bonchev–Trinajstić information content (AvgIpc) is 2.13. The summed E-state index contributed by atoms with van der Waals surface area (Å²) in [6, 6.07) is 6.35. The van der Waals surface area contributed by atoms with Gasteiger partial charge in [0.05, 0.1) is 12.8 Å². The van der Waals surface area contributed by atoms with Crippen molar-refractivity contribution in [2.75, 3.05) is 0 Å². The summed E-state index contributed by atoms with van der Waals surface area (Å²) in [6.07, 6.45) is -0.948.